The summed E-state index contributed by atoms with van der Waals surface area (Å²) >= 11 is 0. The molecule has 0 aromatic rings. The average Bonchev–Trinajstić information content (AvgIpc) is 1.16. The molecule has 0 radical (unpaired) electrons. The first-order chi connectivity index (χ1) is 3.61. The lowest BCUT2D eigenvalue weighted by molar-refractivity contribution is 0.346. The van der Waals surface area contributed by atoms with Crippen molar-refractivity contribution in [1.29, 1.82) is 0 Å². The van der Waals surface area contributed by atoms with E-state index in [9.17, 15) is 0 Å². The molecule has 5 heavy (non-hydrogen) atoms. The van der Waals surface area contributed by atoms with Gasteiger partial charge in [-0.2, -0.15) is 0 Å². The Morgan fingerprint density at radius 3 is 2.60 bits per heavy atom. The Hall–Kier alpha value is 0. The largest absolute Gasteiger partial charge is 0.0625 e. The second kappa shape index (κ2) is 1.00. The van der Waals surface area contributed by atoms with Crippen molar-refractivity contribution in [2.45, 2.75) is 26.1 Å². The molecule has 0 heteroatoms. The minimum Gasteiger partial charge on any atom is -0.0625 e. The van der Waals surface area contributed by atoms with Crippen LogP contribution in [0.4, 0.5) is 0 Å². The first-order valence-corrected chi connectivity index (χ1v) is 2.11. The van der Waals surface area contributed by atoms with Gasteiger partial charge in [-0.15, -0.1) is 0 Å². The molecule has 1 fully saturated rings. The van der Waals surface area contributed by atoms with Crippen LogP contribution in [0.25, 0.3) is 0 Å². The van der Waals surface area contributed by atoms with Crippen LogP contribution in [0.3, 0.4) is 0 Å². The van der Waals surface area contributed by atoms with Crippen LogP contribution in [0.2, 0.25) is 0 Å². The summed E-state index contributed by atoms with van der Waals surface area (Å²) in [7, 11) is 0. The Labute approximate surface area is 37.4 Å². The van der Waals surface area contributed by atoms with E-state index < -0.39 is 6.85 Å². The molecule has 0 bridgehead atoms. The quantitative estimate of drug-likeness (QED) is 0.410. The van der Waals surface area contributed by atoms with Crippen molar-refractivity contribution >= 4 is 0 Å². The molecule has 0 aromatic carbocycles. The van der Waals surface area contributed by atoms with E-state index in [0.717, 1.165) is 19.3 Å². The van der Waals surface area contributed by atoms with Gasteiger partial charge in [0.05, 0.1) is 0 Å². The zero-order chi connectivity index (χ0) is 6.20. The van der Waals surface area contributed by atoms with Gasteiger partial charge >= 0.3 is 0 Å². The number of hydrogen-bond donors (Lipinski definition) is 0. The molecule has 0 nitrogen and oxygen atoms in total. The average molecular weight is 73.2 g/mol. The fraction of sp³-hybridized carbons (Fsp3) is 1.00. The second-order valence-electron chi connectivity index (χ2n) is 1.63. The summed E-state index contributed by atoms with van der Waals surface area (Å²) < 4.78 is 20.8. The predicted molar refractivity (Wildman–Crippen MR) is 23.0 cm³/mol. The van der Waals surface area contributed by atoms with E-state index in [1.54, 1.807) is 0 Å². The highest BCUT2D eigenvalue weighted by Gasteiger charge is 2.09. The Morgan fingerprint density at radius 2 is 2.60 bits per heavy atom. The molecular formula is C5H10. The zero-order valence-electron chi connectivity index (χ0n) is 6.20. The van der Waals surface area contributed by atoms with Gasteiger partial charge < -0.3 is 0 Å². The van der Waals surface area contributed by atoms with Crippen LogP contribution in [0.5, 0.6) is 0 Å². The molecular weight excluding hydrogens is 60.1 g/mol. The summed E-state index contributed by atoms with van der Waals surface area (Å²) in [6.07, 6.45) is 2.94. The lowest BCUT2D eigenvalue weighted by atomic mass is 9.88. The van der Waals surface area contributed by atoms with Crippen molar-refractivity contribution in [2.75, 3.05) is 0 Å². The van der Waals surface area contributed by atoms with Gasteiger partial charge in [0.2, 0.25) is 0 Å². The molecule has 1 saturated carbocycles. The molecule has 0 heterocycles. The summed E-state index contributed by atoms with van der Waals surface area (Å²) in [4.78, 5) is 0. The molecule has 0 aliphatic heterocycles. The van der Waals surface area contributed by atoms with Crippen LogP contribution >= 0.6 is 0 Å². The smallest absolute Gasteiger partial charge is 0.0233 e. The van der Waals surface area contributed by atoms with Gasteiger partial charge in [-0.3, -0.25) is 0 Å². The predicted octanol–water partition coefficient (Wildman–Crippen LogP) is 1.81. The highest BCUT2D eigenvalue weighted by Crippen LogP contribution is 2.24. The molecule has 0 spiro atoms. The fourth-order valence-electron chi connectivity index (χ4n) is 0.408. The van der Waals surface area contributed by atoms with E-state index in [2.05, 4.69) is 0 Å². The van der Waals surface area contributed by atoms with Gasteiger partial charge in [0, 0.05) is 4.11 Å². The van der Waals surface area contributed by atoms with E-state index in [4.69, 9.17) is 4.11 Å². The third kappa shape index (κ3) is 0.444. The van der Waals surface area contributed by atoms with Crippen LogP contribution < -0.4 is 0 Å². The summed E-state index contributed by atoms with van der Waals surface area (Å²) in [6, 6.07) is 0. The van der Waals surface area contributed by atoms with Gasteiger partial charge in [0.25, 0.3) is 0 Å². The Balaban J connectivity index is 2.34. The zero-order valence-corrected chi connectivity index (χ0v) is 3.20. The summed E-state index contributed by atoms with van der Waals surface area (Å²) in [6.45, 7) is -1.65. The molecule has 0 atom stereocenters. The van der Waals surface area contributed by atoms with Gasteiger partial charge in [0.1, 0.15) is 0 Å². The minimum atomic E-state index is -1.65. The third-order valence-electron chi connectivity index (χ3n) is 1.11. The summed E-state index contributed by atoms with van der Waals surface area (Å²) in [5, 5.41) is 0. The number of hydrogen-bond acceptors (Lipinski definition) is 0. The van der Waals surface area contributed by atoms with Crippen LogP contribution in [-0.4, -0.2) is 0 Å². The first-order valence-electron chi connectivity index (χ1n) is 3.61. The van der Waals surface area contributed by atoms with Gasteiger partial charge in [-0.25, -0.2) is 0 Å². The molecule has 0 N–H and O–H groups in total. The molecule has 1 aliphatic carbocycles. The highest BCUT2D eigenvalue weighted by molar-refractivity contribution is 4.62. The maximum atomic E-state index is 6.92. The van der Waals surface area contributed by atoms with E-state index in [1.807, 2.05) is 0 Å². The van der Waals surface area contributed by atoms with Gasteiger partial charge in [-0.1, -0.05) is 26.1 Å². The van der Waals surface area contributed by atoms with Crippen LogP contribution in [-0.2, 0) is 0 Å². The molecule has 0 saturated heterocycles. The minimum absolute atomic E-state index is 0.0301. The lowest BCUT2D eigenvalue weighted by Gasteiger charge is -2.18. The van der Waals surface area contributed by atoms with Crippen LogP contribution in [0.1, 0.15) is 30.2 Å². The Kier molecular flexibility index (Phi) is 0.250. The summed E-state index contributed by atoms with van der Waals surface area (Å²) in [5.74, 6) is 0.0301. The maximum absolute atomic E-state index is 6.92. The first kappa shape index (κ1) is 1.25. The van der Waals surface area contributed by atoms with Gasteiger partial charge in [0.15, 0.2) is 0 Å². The van der Waals surface area contributed by atoms with E-state index >= 15 is 0 Å². The monoisotopic (exact) mass is 73.1 g/mol. The molecule has 0 amide bonds. The van der Waals surface area contributed by atoms with Gasteiger partial charge in [-0.05, 0) is 5.92 Å². The Morgan fingerprint density at radius 1 is 1.80 bits per heavy atom. The lowest BCUT2D eigenvalue weighted by Crippen LogP contribution is -2.04. The topological polar surface area (TPSA) is 0 Å². The van der Waals surface area contributed by atoms with Crippen molar-refractivity contribution in [1.82, 2.24) is 0 Å². The molecule has 0 aromatic heterocycles. The van der Waals surface area contributed by atoms with Crippen LogP contribution in [0.15, 0.2) is 0 Å². The fourth-order valence-corrected chi connectivity index (χ4v) is 0.408. The van der Waals surface area contributed by atoms with Crippen molar-refractivity contribution < 1.29 is 4.11 Å². The van der Waals surface area contributed by atoms with Crippen molar-refractivity contribution in [3.63, 3.8) is 0 Å². The Bertz CT molecular complexity index is 80.2. The molecule has 1 aliphatic rings. The molecule has 1 rings (SSSR count). The second-order valence-corrected chi connectivity index (χ2v) is 1.63. The SMILES string of the molecule is [2H]C([2H])([2H])C1CCC1. The van der Waals surface area contributed by atoms with Crippen molar-refractivity contribution in [2.24, 2.45) is 5.92 Å². The standard InChI is InChI=1S/C5H10/c1-5-3-2-4-5/h5H,2-4H2,1H3/i1D3. The summed E-state index contributed by atoms with van der Waals surface area (Å²) in [5.41, 5.74) is 0. The third-order valence-corrected chi connectivity index (χ3v) is 1.11. The molecule has 30 valence electrons. The van der Waals surface area contributed by atoms with Crippen LogP contribution in [0, 0.1) is 5.92 Å². The normalized spacial score (nSPS) is 37.2. The maximum Gasteiger partial charge on any atom is 0.0233 e. The van der Waals surface area contributed by atoms with E-state index in [0.29, 0.717) is 0 Å². The van der Waals surface area contributed by atoms with E-state index in [-0.39, 0.29) is 5.92 Å². The van der Waals surface area contributed by atoms with Crippen molar-refractivity contribution in [3.05, 3.63) is 0 Å². The highest BCUT2D eigenvalue weighted by atomic mass is 14.1. The van der Waals surface area contributed by atoms with Crippen molar-refractivity contribution in [3.8, 4) is 0 Å². The van der Waals surface area contributed by atoms with E-state index in [1.165, 1.54) is 0 Å². The molecule has 0 unspecified atom stereocenters. The number of rotatable bonds is 0.